The van der Waals surface area contributed by atoms with Crippen LogP contribution in [0.15, 0.2) is 0 Å². The zero-order chi connectivity index (χ0) is 15.1. The SMILES string of the molecule is CCCCN1CCCC(C)C1.O=S(=O)(O)C(F)(F)F. The Morgan fingerprint density at radius 2 is 1.89 bits per heavy atom. The molecule has 0 radical (unpaired) electrons. The average molecular weight is 305 g/mol. The van der Waals surface area contributed by atoms with E-state index >= 15 is 0 Å². The van der Waals surface area contributed by atoms with Crippen molar-refractivity contribution in [2.24, 2.45) is 5.92 Å². The summed E-state index contributed by atoms with van der Waals surface area (Å²) in [5.74, 6) is 0.945. The van der Waals surface area contributed by atoms with Gasteiger partial charge in [0.25, 0.3) is 0 Å². The molecular formula is C11H22F3NO3S. The summed E-state index contributed by atoms with van der Waals surface area (Å²) in [6.07, 6.45) is 5.59. The summed E-state index contributed by atoms with van der Waals surface area (Å²) in [6, 6.07) is 0. The first-order valence-corrected chi connectivity index (χ1v) is 7.78. The van der Waals surface area contributed by atoms with Gasteiger partial charge in [-0.05, 0) is 38.3 Å². The number of halogens is 3. The minimum Gasteiger partial charge on any atom is -0.303 e. The van der Waals surface area contributed by atoms with Crippen LogP contribution in [0.3, 0.4) is 0 Å². The molecule has 4 nitrogen and oxygen atoms in total. The third-order valence-corrected chi connectivity index (χ3v) is 3.45. The van der Waals surface area contributed by atoms with Crippen LogP contribution in [-0.4, -0.2) is 43.0 Å². The molecule has 19 heavy (non-hydrogen) atoms. The van der Waals surface area contributed by atoms with Crippen molar-refractivity contribution in [3.63, 3.8) is 0 Å². The number of piperidine rings is 1. The molecule has 1 saturated heterocycles. The highest BCUT2D eigenvalue weighted by molar-refractivity contribution is 7.86. The monoisotopic (exact) mass is 305 g/mol. The van der Waals surface area contributed by atoms with Crippen molar-refractivity contribution in [1.29, 1.82) is 0 Å². The largest absolute Gasteiger partial charge is 0.522 e. The van der Waals surface area contributed by atoms with Crippen molar-refractivity contribution in [1.82, 2.24) is 4.90 Å². The van der Waals surface area contributed by atoms with Crippen LogP contribution in [-0.2, 0) is 10.1 Å². The fraction of sp³-hybridized carbons (Fsp3) is 1.00. The predicted octanol–water partition coefficient (Wildman–Crippen LogP) is 2.91. The Kier molecular flexibility index (Phi) is 7.92. The van der Waals surface area contributed by atoms with E-state index in [1.54, 1.807) is 0 Å². The van der Waals surface area contributed by atoms with Gasteiger partial charge in [-0.15, -0.1) is 0 Å². The molecule has 1 aliphatic rings. The molecule has 0 bridgehead atoms. The van der Waals surface area contributed by atoms with E-state index in [-0.39, 0.29) is 0 Å². The summed E-state index contributed by atoms with van der Waals surface area (Å²) in [6.45, 7) is 8.68. The van der Waals surface area contributed by atoms with Crippen LogP contribution in [0.5, 0.6) is 0 Å². The number of alkyl halides is 3. The number of unbranched alkanes of at least 4 members (excludes halogenated alkanes) is 1. The molecule has 1 aliphatic heterocycles. The Morgan fingerprint density at radius 3 is 2.26 bits per heavy atom. The average Bonchev–Trinajstić information content (AvgIpc) is 2.24. The molecule has 1 unspecified atom stereocenters. The van der Waals surface area contributed by atoms with Gasteiger partial charge in [0.2, 0.25) is 0 Å². The van der Waals surface area contributed by atoms with E-state index in [0.29, 0.717) is 0 Å². The van der Waals surface area contributed by atoms with Crippen molar-refractivity contribution < 1.29 is 26.1 Å². The van der Waals surface area contributed by atoms with E-state index in [4.69, 9.17) is 13.0 Å². The molecule has 0 aromatic rings. The first-order chi connectivity index (χ1) is 8.58. The van der Waals surface area contributed by atoms with Crippen LogP contribution in [0.4, 0.5) is 13.2 Å². The summed E-state index contributed by atoms with van der Waals surface area (Å²) in [4.78, 5) is 2.62. The van der Waals surface area contributed by atoms with E-state index in [0.717, 1.165) is 5.92 Å². The minimum atomic E-state index is -5.84. The molecule has 0 amide bonds. The lowest BCUT2D eigenvalue weighted by Crippen LogP contribution is -2.34. The van der Waals surface area contributed by atoms with Gasteiger partial charge in [0.05, 0.1) is 0 Å². The standard InChI is InChI=1S/C10H21N.CHF3O3S/c1-3-4-7-11-8-5-6-10(2)9-11;2-1(3,4)8(5,6)7/h10H,3-9H2,1-2H3;(H,5,6,7). The summed E-state index contributed by atoms with van der Waals surface area (Å²) in [5.41, 5.74) is -5.53. The lowest BCUT2D eigenvalue weighted by molar-refractivity contribution is -0.0510. The second kappa shape index (κ2) is 8.06. The number of likely N-dealkylation sites (tertiary alicyclic amines) is 1. The zero-order valence-electron chi connectivity index (χ0n) is 11.3. The molecule has 8 heteroatoms. The van der Waals surface area contributed by atoms with Gasteiger partial charge in [0.1, 0.15) is 0 Å². The molecule has 1 fully saturated rings. The Morgan fingerprint density at radius 1 is 1.37 bits per heavy atom. The molecule has 0 aliphatic carbocycles. The molecular weight excluding hydrogens is 283 g/mol. The predicted molar refractivity (Wildman–Crippen MR) is 67.3 cm³/mol. The van der Waals surface area contributed by atoms with E-state index in [2.05, 4.69) is 18.7 Å². The van der Waals surface area contributed by atoms with Crippen LogP contribution < -0.4 is 0 Å². The molecule has 116 valence electrons. The molecule has 1 N–H and O–H groups in total. The van der Waals surface area contributed by atoms with Gasteiger partial charge in [-0.3, -0.25) is 4.55 Å². The summed E-state index contributed by atoms with van der Waals surface area (Å²) < 4.78 is 57.5. The lowest BCUT2D eigenvalue weighted by atomic mass is 10.0. The topological polar surface area (TPSA) is 57.6 Å². The smallest absolute Gasteiger partial charge is 0.303 e. The third kappa shape index (κ3) is 8.43. The highest BCUT2D eigenvalue weighted by Gasteiger charge is 2.44. The van der Waals surface area contributed by atoms with Crippen molar-refractivity contribution in [2.45, 2.75) is 45.0 Å². The van der Waals surface area contributed by atoms with Gasteiger partial charge in [-0.2, -0.15) is 21.6 Å². The maximum absolute atomic E-state index is 10.7. The molecule has 1 atom stereocenters. The molecule has 0 aromatic carbocycles. The first-order valence-electron chi connectivity index (χ1n) is 6.34. The summed E-state index contributed by atoms with van der Waals surface area (Å²) >= 11 is 0. The van der Waals surface area contributed by atoms with Crippen molar-refractivity contribution in [3.8, 4) is 0 Å². The number of rotatable bonds is 3. The van der Waals surface area contributed by atoms with E-state index < -0.39 is 15.6 Å². The Bertz CT molecular complexity index is 344. The highest BCUT2D eigenvalue weighted by atomic mass is 32.2. The lowest BCUT2D eigenvalue weighted by Gasteiger charge is -2.30. The fourth-order valence-electron chi connectivity index (χ4n) is 1.87. The van der Waals surface area contributed by atoms with E-state index in [9.17, 15) is 13.2 Å². The van der Waals surface area contributed by atoms with Gasteiger partial charge in [-0.25, -0.2) is 0 Å². The normalized spacial score (nSPS) is 21.7. The first kappa shape index (κ1) is 18.7. The minimum absolute atomic E-state index is 0.945. The van der Waals surface area contributed by atoms with Crippen LogP contribution in [0.25, 0.3) is 0 Å². The van der Waals surface area contributed by atoms with Crippen molar-refractivity contribution in [2.75, 3.05) is 19.6 Å². The Balaban J connectivity index is 0.000000362. The van der Waals surface area contributed by atoms with E-state index in [1.165, 1.54) is 45.3 Å². The van der Waals surface area contributed by atoms with Gasteiger partial charge in [-0.1, -0.05) is 20.3 Å². The second-order valence-corrected chi connectivity index (χ2v) is 6.24. The van der Waals surface area contributed by atoms with Gasteiger partial charge >= 0.3 is 15.6 Å². The molecule has 0 aromatic heterocycles. The maximum Gasteiger partial charge on any atom is 0.522 e. The Hall–Kier alpha value is -0.340. The summed E-state index contributed by atoms with van der Waals surface area (Å²) in [7, 11) is -5.84. The highest BCUT2D eigenvalue weighted by Crippen LogP contribution is 2.20. The van der Waals surface area contributed by atoms with Crippen molar-refractivity contribution in [3.05, 3.63) is 0 Å². The van der Waals surface area contributed by atoms with Gasteiger partial charge < -0.3 is 4.90 Å². The molecule has 0 spiro atoms. The third-order valence-electron chi connectivity index (χ3n) is 2.86. The second-order valence-electron chi connectivity index (χ2n) is 4.82. The van der Waals surface area contributed by atoms with Crippen LogP contribution in [0, 0.1) is 5.92 Å². The maximum atomic E-state index is 10.7. The number of hydrogen-bond acceptors (Lipinski definition) is 3. The molecule has 1 heterocycles. The van der Waals surface area contributed by atoms with Gasteiger partial charge in [0, 0.05) is 6.54 Å². The molecule has 0 saturated carbocycles. The molecule has 1 rings (SSSR count). The Labute approximate surface area is 112 Å². The van der Waals surface area contributed by atoms with E-state index in [1.807, 2.05) is 0 Å². The van der Waals surface area contributed by atoms with Crippen LogP contribution in [0.1, 0.15) is 39.5 Å². The summed E-state index contributed by atoms with van der Waals surface area (Å²) in [5, 5.41) is 0. The van der Waals surface area contributed by atoms with Gasteiger partial charge in [0.15, 0.2) is 0 Å². The van der Waals surface area contributed by atoms with Crippen molar-refractivity contribution >= 4 is 10.1 Å². The van der Waals surface area contributed by atoms with Crippen LogP contribution in [0.2, 0.25) is 0 Å². The number of hydrogen-bond donors (Lipinski definition) is 1. The fourth-order valence-corrected chi connectivity index (χ4v) is 1.87. The number of nitrogens with zero attached hydrogens (tertiary/aromatic N) is 1. The quantitative estimate of drug-likeness (QED) is 0.643. The zero-order valence-corrected chi connectivity index (χ0v) is 12.1. The van der Waals surface area contributed by atoms with Crippen LogP contribution >= 0.6 is 0 Å².